The van der Waals surface area contributed by atoms with Crippen molar-refractivity contribution in [3.05, 3.63) is 16.1 Å². The van der Waals surface area contributed by atoms with Crippen LogP contribution in [0.5, 0.6) is 0 Å². The van der Waals surface area contributed by atoms with Crippen molar-refractivity contribution in [1.82, 2.24) is 9.88 Å². The Labute approximate surface area is 140 Å². The van der Waals surface area contributed by atoms with Gasteiger partial charge in [0.25, 0.3) is 0 Å². The lowest BCUT2D eigenvalue weighted by molar-refractivity contribution is -0.139. The number of esters is 1. The summed E-state index contributed by atoms with van der Waals surface area (Å²) in [5.74, 6) is -0.435. The number of carbonyl (C=O) groups excluding carboxylic acids is 2. The van der Waals surface area contributed by atoms with Crippen LogP contribution in [0.4, 0.5) is 0 Å². The molecule has 1 fully saturated rings. The fourth-order valence-electron chi connectivity index (χ4n) is 2.85. The molecule has 0 spiro atoms. The lowest BCUT2D eigenvalue weighted by atomic mass is 9.94. The first-order valence-corrected chi connectivity index (χ1v) is 8.93. The second kappa shape index (κ2) is 8.98. The van der Waals surface area contributed by atoms with E-state index in [1.807, 2.05) is 4.90 Å². The van der Waals surface area contributed by atoms with Crippen LogP contribution < -0.4 is 0 Å². The highest BCUT2D eigenvalue weighted by atomic mass is 32.1. The van der Waals surface area contributed by atoms with Gasteiger partial charge in [-0.1, -0.05) is 19.3 Å². The number of hydrogen-bond acceptors (Lipinski definition) is 6. The predicted octanol–water partition coefficient (Wildman–Crippen LogP) is 2.63. The minimum Gasteiger partial charge on any atom is -0.461 e. The maximum absolute atomic E-state index is 12.4. The number of rotatable bonds is 7. The van der Waals surface area contributed by atoms with Crippen LogP contribution in [-0.4, -0.2) is 48.1 Å². The number of amides is 1. The summed E-state index contributed by atoms with van der Waals surface area (Å²) in [7, 11) is 1.53. The van der Waals surface area contributed by atoms with Crippen molar-refractivity contribution in [1.29, 1.82) is 0 Å². The molecule has 1 aromatic heterocycles. The zero-order valence-electron chi connectivity index (χ0n) is 13.7. The molecular formula is C16H24N2O4S. The molecule has 0 N–H and O–H groups in total. The zero-order valence-corrected chi connectivity index (χ0v) is 14.6. The molecule has 2 rings (SSSR count). The second-order valence-corrected chi connectivity index (χ2v) is 6.54. The van der Waals surface area contributed by atoms with Crippen molar-refractivity contribution >= 4 is 23.2 Å². The number of thiazole rings is 1. The third kappa shape index (κ3) is 5.00. The second-order valence-electron chi connectivity index (χ2n) is 5.59. The Balaban J connectivity index is 2.07. The van der Waals surface area contributed by atoms with Crippen LogP contribution in [0, 0.1) is 0 Å². The molecule has 0 saturated heterocycles. The Morgan fingerprint density at radius 3 is 2.74 bits per heavy atom. The van der Waals surface area contributed by atoms with E-state index in [0.29, 0.717) is 18.8 Å². The van der Waals surface area contributed by atoms with Gasteiger partial charge in [0.1, 0.15) is 11.6 Å². The van der Waals surface area contributed by atoms with Crippen LogP contribution in [0.15, 0.2) is 5.38 Å². The summed E-state index contributed by atoms with van der Waals surface area (Å²) in [6.45, 7) is 2.59. The highest BCUT2D eigenvalue weighted by molar-refractivity contribution is 7.09. The highest BCUT2D eigenvalue weighted by Crippen LogP contribution is 2.25. The van der Waals surface area contributed by atoms with Crippen molar-refractivity contribution in [3.63, 3.8) is 0 Å². The molecule has 1 heterocycles. The molecule has 7 heteroatoms. The number of aromatic nitrogens is 1. The Hall–Kier alpha value is -1.47. The Bertz CT molecular complexity index is 526. The smallest absolute Gasteiger partial charge is 0.357 e. The number of ether oxygens (including phenoxy) is 2. The van der Waals surface area contributed by atoms with Crippen molar-refractivity contribution < 1.29 is 19.1 Å². The number of methoxy groups -OCH3 is 1. The summed E-state index contributed by atoms with van der Waals surface area (Å²) in [6, 6.07) is 0.237. The largest absolute Gasteiger partial charge is 0.461 e. The average molecular weight is 340 g/mol. The van der Waals surface area contributed by atoms with E-state index in [9.17, 15) is 9.59 Å². The standard InChI is InChI=1S/C16H24N2O4S/c1-3-22-16(20)13-11-23-14(17-13)9-18(15(19)10-21-2)12-7-5-4-6-8-12/h11-12H,3-10H2,1-2H3. The highest BCUT2D eigenvalue weighted by Gasteiger charge is 2.26. The van der Waals surface area contributed by atoms with Crippen LogP contribution in [0.1, 0.15) is 54.5 Å². The summed E-state index contributed by atoms with van der Waals surface area (Å²) < 4.78 is 9.96. The molecule has 1 aromatic rings. The van der Waals surface area contributed by atoms with E-state index in [-0.39, 0.29) is 18.6 Å². The fraction of sp³-hybridized carbons (Fsp3) is 0.688. The maximum atomic E-state index is 12.4. The van der Waals surface area contributed by atoms with Gasteiger partial charge in [-0.05, 0) is 19.8 Å². The SMILES string of the molecule is CCOC(=O)c1csc(CN(C(=O)COC)C2CCCCC2)n1. The van der Waals surface area contributed by atoms with Gasteiger partial charge in [-0.2, -0.15) is 0 Å². The Morgan fingerprint density at radius 1 is 1.35 bits per heavy atom. The molecular weight excluding hydrogens is 316 g/mol. The summed E-state index contributed by atoms with van der Waals surface area (Å²) in [4.78, 5) is 30.3. The number of hydrogen-bond donors (Lipinski definition) is 0. The third-order valence-corrected chi connectivity index (χ3v) is 4.78. The summed E-state index contributed by atoms with van der Waals surface area (Å²) in [6.07, 6.45) is 5.56. The molecule has 128 valence electrons. The molecule has 0 aromatic carbocycles. The van der Waals surface area contributed by atoms with E-state index >= 15 is 0 Å². The van der Waals surface area contributed by atoms with E-state index in [1.54, 1.807) is 12.3 Å². The number of nitrogens with zero attached hydrogens (tertiary/aromatic N) is 2. The predicted molar refractivity (Wildman–Crippen MR) is 87.4 cm³/mol. The molecule has 1 aliphatic rings. The minimum absolute atomic E-state index is 0.0210. The third-order valence-electron chi connectivity index (χ3n) is 3.95. The fourth-order valence-corrected chi connectivity index (χ4v) is 3.61. The molecule has 0 radical (unpaired) electrons. The number of carbonyl (C=O) groups is 2. The van der Waals surface area contributed by atoms with Gasteiger partial charge in [-0.3, -0.25) is 4.79 Å². The van der Waals surface area contributed by atoms with Crippen molar-refractivity contribution in [2.24, 2.45) is 0 Å². The van der Waals surface area contributed by atoms with Gasteiger partial charge < -0.3 is 14.4 Å². The lowest BCUT2D eigenvalue weighted by Gasteiger charge is -2.33. The van der Waals surface area contributed by atoms with Gasteiger partial charge in [0, 0.05) is 18.5 Å². The average Bonchev–Trinajstić information content (AvgIpc) is 3.02. The topological polar surface area (TPSA) is 68.7 Å². The van der Waals surface area contributed by atoms with Gasteiger partial charge in [-0.15, -0.1) is 11.3 Å². The minimum atomic E-state index is -0.414. The zero-order chi connectivity index (χ0) is 16.7. The van der Waals surface area contributed by atoms with Crippen LogP contribution in [0.2, 0.25) is 0 Å². The Morgan fingerprint density at radius 2 is 2.09 bits per heavy atom. The molecule has 1 amide bonds. The van der Waals surface area contributed by atoms with E-state index in [2.05, 4.69) is 4.98 Å². The van der Waals surface area contributed by atoms with Gasteiger partial charge in [0.05, 0.1) is 13.2 Å². The van der Waals surface area contributed by atoms with Crippen molar-refractivity contribution in [2.45, 2.75) is 51.6 Å². The summed E-state index contributed by atoms with van der Waals surface area (Å²) in [5, 5.41) is 2.44. The monoisotopic (exact) mass is 340 g/mol. The van der Waals surface area contributed by atoms with E-state index in [0.717, 1.165) is 30.7 Å². The van der Waals surface area contributed by atoms with E-state index in [4.69, 9.17) is 9.47 Å². The molecule has 6 nitrogen and oxygen atoms in total. The molecule has 0 unspecified atom stereocenters. The first-order chi connectivity index (χ1) is 11.2. The van der Waals surface area contributed by atoms with Gasteiger partial charge in [-0.25, -0.2) is 9.78 Å². The normalized spacial score (nSPS) is 15.4. The van der Waals surface area contributed by atoms with Gasteiger partial charge >= 0.3 is 5.97 Å². The summed E-state index contributed by atoms with van der Waals surface area (Å²) in [5.41, 5.74) is 0.314. The van der Waals surface area contributed by atoms with Gasteiger partial charge in [0.2, 0.25) is 5.91 Å². The maximum Gasteiger partial charge on any atom is 0.357 e. The Kier molecular flexibility index (Phi) is 6.98. The van der Waals surface area contributed by atoms with Crippen molar-refractivity contribution in [2.75, 3.05) is 20.3 Å². The lowest BCUT2D eigenvalue weighted by Crippen LogP contribution is -2.42. The van der Waals surface area contributed by atoms with E-state index in [1.165, 1.54) is 24.9 Å². The van der Waals surface area contributed by atoms with Gasteiger partial charge in [0.15, 0.2) is 5.69 Å². The molecule has 1 saturated carbocycles. The van der Waals surface area contributed by atoms with Crippen LogP contribution >= 0.6 is 11.3 Å². The van der Waals surface area contributed by atoms with E-state index < -0.39 is 5.97 Å². The first-order valence-electron chi connectivity index (χ1n) is 8.05. The van der Waals surface area contributed by atoms with Crippen molar-refractivity contribution in [3.8, 4) is 0 Å². The molecule has 23 heavy (non-hydrogen) atoms. The molecule has 0 bridgehead atoms. The van der Waals surface area contributed by atoms with Crippen LogP contribution in [0.25, 0.3) is 0 Å². The quantitative estimate of drug-likeness (QED) is 0.714. The molecule has 1 aliphatic carbocycles. The van der Waals surface area contributed by atoms with Crippen LogP contribution in [0.3, 0.4) is 0 Å². The first kappa shape index (κ1) is 17.9. The molecule has 0 aliphatic heterocycles. The van der Waals surface area contributed by atoms with Crippen LogP contribution in [-0.2, 0) is 20.8 Å². The summed E-state index contributed by atoms with van der Waals surface area (Å²) >= 11 is 1.38. The molecule has 0 atom stereocenters.